The van der Waals surface area contributed by atoms with Crippen LogP contribution in [-0.2, 0) is 11.3 Å². The summed E-state index contributed by atoms with van der Waals surface area (Å²) in [6.07, 6.45) is 5.04. The number of nitrogens with one attached hydrogen (secondary N) is 1. The fraction of sp³-hybridized carbons (Fsp3) is 0.556. The highest BCUT2D eigenvalue weighted by Crippen LogP contribution is 2.36. The summed E-state index contributed by atoms with van der Waals surface area (Å²) in [6, 6.07) is 8.25. The van der Waals surface area contributed by atoms with Crippen LogP contribution in [0.3, 0.4) is 0 Å². The Balaban J connectivity index is 1.36. The predicted molar refractivity (Wildman–Crippen MR) is 90.7 cm³/mol. The Morgan fingerprint density at radius 1 is 1.33 bits per heavy atom. The Hall–Kier alpha value is -1.92. The summed E-state index contributed by atoms with van der Waals surface area (Å²) in [7, 11) is 0. The summed E-state index contributed by atoms with van der Waals surface area (Å²) < 4.78 is 11.7. The largest absolute Gasteiger partial charge is 0.468 e. The number of piperidine rings is 1. The quantitative estimate of drug-likeness (QED) is 0.931. The molecule has 2 aromatic rings. The van der Waals surface area contributed by atoms with Crippen LogP contribution in [0, 0.1) is 6.92 Å². The van der Waals surface area contributed by atoms with Gasteiger partial charge in [0.1, 0.15) is 11.6 Å². The van der Waals surface area contributed by atoms with Crippen LogP contribution in [0.2, 0.25) is 0 Å². The first-order valence-corrected chi connectivity index (χ1v) is 8.66. The van der Waals surface area contributed by atoms with Gasteiger partial charge < -0.3 is 14.5 Å². The third kappa shape index (κ3) is 3.44. The van der Waals surface area contributed by atoms with Gasteiger partial charge >= 0.3 is 0 Å². The van der Waals surface area contributed by atoms with Crippen molar-refractivity contribution in [3.63, 3.8) is 0 Å². The molecule has 2 fully saturated rings. The monoisotopic (exact) mass is 328 g/mol. The topological polar surface area (TPSA) is 63.4 Å². The standard InChI is InChI=1S/C18H24N4O2/c1-14-5-6-17(21-20-14)19-15-10-18(24-12-15)7-3-8-22(13-18)11-16-4-2-9-23-16/h2,4-6,9,15H,3,7-8,10-13H2,1H3,(H,19,21). The molecule has 4 rings (SSSR count). The number of ether oxygens (including phenoxy) is 1. The summed E-state index contributed by atoms with van der Waals surface area (Å²) in [6.45, 7) is 5.60. The molecule has 0 radical (unpaired) electrons. The first-order valence-electron chi connectivity index (χ1n) is 8.66. The average molecular weight is 328 g/mol. The smallest absolute Gasteiger partial charge is 0.148 e. The van der Waals surface area contributed by atoms with E-state index in [0.29, 0.717) is 6.04 Å². The van der Waals surface area contributed by atoms with E-state index < -0.39 is 0 Å². The molecule has 6 heteroatoms. The predicted octanol–water partition coefficient (Wildman–Crippen LogP) is 2.61. The van der Waals surface area contributed by atoms with Crippen LogP contribution in [0.4, 0.5) is 5.82 Å². The molecular weight excluding hydrogens is 304 g/mol. The van der Waals surface area contributed by atoms with Gasteiger partial charge in [0.15, 0.2) is 0 Å². The molecule has 4 heterocycles. The zero-order valence-corrected chi connectivity index (χ0v) is 14.1. The van der Waals surface area contributed by atoms with E-state index in [0.717, 1.165) is 62.8 Å². The van der Waals surface area contributed by atoms with Crippen LogP contribution < -0.4 is 5.32 Å². The second-order valence-electron chi connectivity index (χ2n) is 6.99. The van der Waals surface area contributed by atoms with Crippen LogP contribution in [0.15, 0.2) is 34.9 Å². The van der Waals surface area contributed by atoms with Gasteiger partial charge in [-0.2, -0.15) is 5.10 Å². The molecule has 1 N–H and O–H groups in total. The van der Waals surface area contributed by atoms with Gasteiger partial charge in [0.05, 0.1) is 36.8 Å². The van der Waals surface area contributed by atoms with E-state index >= 15 is 0 Å². The number of furan rings is 1. The van der Waals surface area contributed by atoms with Crippen molar-refractivity contribution in [2.24, 2.45) is 0 Å². The lowest BCUT2D eigenvalue weighted by atomic mass is 9.88. The Morgan fingerprint density at radius 3 is 3.08 bits per heavy atom. The van der Waals surface area contributed by atoms with Crippen molar-refractivity contribution in [3.05, 3.63) is 42.0 Å². The normalized spacial score (nSPS) is 27.6. The minimum Gasteiger partial charge on any atom is -0.468 e. The molecule has 0 aromatic carbocycles. The SMILES string of the molecule is Cc1ccc(NC2COC3(CCCN(Cc4ccco4)C3)C2)nn1. The van der Waals surface area contributed by atoms with E-state index in [1.807, 2.05) is 31.2 Å². The third-order valence-corrected chi connectivity index (χ3v) is 4.94. The fourth-order valence-corrected chi connectivity index (χ4v) is 3.85. The van der Waals surface area contributed by atoms with Crippen LogP contribution in [-0.4, -0.2) is 46.4 Å². The van der Waals surface area contributed by atoms with Crippen molar-refractivity contribution >= 4 is 5.82 Å². The first-order chi connectivity index (χ1) is 11.7. The highest BCUT2D eigenvalue weighted by molar-refractivity contribution is 5.34. The van der Waals surface area contributed by atoms with Crippen LogP contribution in [0.1, 0.15) is 30.7 Å². The van der Waals surface area contributed by atoms with Crippen molar-refractivity contribution in [1.82, 2.24) is 15.1 Å². The second kappa shape index (κ2) is 6.53. The van der Waals surface area contributed by atoms with E-state index in [-0.39, 0.29) is 5.60 Å². The zero-order chi connectivity index (χ0) is 16.4. The number of aromatic nitrogens is 2. The fourth-order valence-electron chi connectivity index (χ4n) is 3.85. The number of anilines is 1. The number of rotatable bonds is 4. The minimum absolute atomic E-state index is 0.0410. The lowest BCUT2D eigenvalue weighted by Gasteiger charge is -2.39. The zero-order valence-electron chi connectivity index (χ0n) is 14.1. The minimum atomic E-state index is -0.0410. The molecule has 0 aliphatic carbocycles. The lowest BCUT2D eigenvalue weighted by Crippen LogP contribution is -2.47. The molecule has 2 atom stereocenters. The number of hydrogen-bond acceptors (Lipinski definition) is 6. The maximum atomic E-state index is 6.26. The molecule has 0 bridgehead atoms. The molecule has 0 amide bonds. The molecule has 2 aromatic heterocycles. The van der Waals surface area contributed by atoms with Crippen molar-refractivity contribution in [2.75, 3.05) is 25.0 Å². The molecule has 2 saturated heterocycles. The molecule has 1 spiro atoms. The summed E-state index contributed by atoms with van der Waals surface area (Å²) in [5, 5.41) is 11.8. The molecule has 0 saturated carbocycles. The summed E-state index contributed by atoms with van der Waals surface area (Å²) >= 11 is 0. The van der Waals surface area contributed by atoms with Crippen LogP contribution in [0.25, 0.3) is 0 Å². The van der Waals surface area contributed by atoms with Gasteiger partial charge in [0, 0.05) is 13.0 Å². The summed E-state index contributed by atoms with van der Waals surface area (Å²) in [4.78, 5) is 2.44. The summed E-state index contributed by atoms with van der Waals surface area (Å²) in [5.74, 6) is 1.85. The Morgan fingerprint density at radius 2 is 2.29 bits per heavy atom. The Kier molecular flexibility index (Phi) is 4.24. The molecule has 2 aliphatic rings. The Bertz CT molecular complexity index is 658. The van der Waals surface area contributed by atoms with Crippen molar-refractivity contribution in [3.8, 4) is 0 Å². The number of hydrogen-bond donors (Lipinski definition) is 1. The highest BCUT2D eigenvalue weighted by atomic mass is 16.5. The van der Waals surface area contributed by atoms with Gasteiger partial charge in [-0.15, -0.1) is 5.10 Å². The van der Waals surface area contributed by atoms with Crippen molar-refractivity contribution in [2.45, 2.75) is 44.4 Å². The maximum absolute atomic E-state index is 6.26. The van der Waals surface area contributed by atoms with Crippen LogP contribution >= 0.6 is 0 Å². The first kappa shape index (κ1) is 15.6. The highest BCUT2D eigenvalue weighted by Gasteiger charge is 2.43. The molecule has 24 heavy (non-hydrogen) atoms. The van der Waals surface area contributed by atoms with E-state index in [2.05, 4.69) is 20.4 Å². The van der Waals surface area contributed by atoms with Gasteiger partial charge in [-0.3, -0.25) is 4.90 Å². The van der Waals surface area contributed by atoms with E-state index in [1.165, 1.54) is 0 Å². The molecule has 2 aliphatic heterocycles. The molecule has 6 nitrogen and oxygen atoms in total. The van der Waals surface area contributed by atoms with Gasteiger partial charge in [0.25, 0.3) is 0 Å². The van der Waals surface area contributed by atoms with Gasteiger partial charge in [-0.05, 0) is 50.6 Å². The molecule has 128 valence electrons. The lowest BCUT2D eigenvalue weighted by molar-refractivity contribution is -0.0544. The van der Waals surface area contributed by atoms with Gasteiger partial charge in [0.2, 0.25) is 0 Å². The van der Waals surface area contributed by atoms with Crippen molar-refractivity contribution < 1.29 is 9.15 Å². The van der Waals surface area contributed by atoms with Crippen LogP contribution in [0.5, 0.6) is 0 Å². The van der Waals surface area contributed by atoms with E-state index in [9.17, 15) is 0 Å². The van der Waals surface area contributed by atoms with Crippen molar-refractivity contribution in [1.29, 1.82) is 0 Å². The summed E-state index contributed by atoms with van der Waals surface area (Å²) in [5.41, 5.74) is 0.890. The molecule has 2 unspecified atom stereocenters. The van der Waals surface area contributed by atoms with Gasteiger partial charge in [-0.1, -0.05) is 0 Å². The average Bonchev–Trinajstić information content (AvgIpc) is 3.21. The van der Waals surface area contributed by atoms with E-state index in [1.54, 1.807) is 6.26 Å². The number of aryl methyl sites for hydroxylation is 1. The second-order valence-corrected chi connectivity index (χ2v) is 6.99. The maximum Gasteiger partial charge on any atom is 0.148 e. The number of nitrogens with zero attached hydrogens (tertiary/aromatic N) is 3. The third-order valence-electron chi connectivity index (χ3n) is 4.94. The van der Waals surface area contributed by atoms with Gasteiger partial charge in [-0.25, -0.2) is 0 Å². The van der Waals surface area contributed by atoms with E-state index in [4.69, 9.17) is 9.15 Å². The number of likely N-dealkylation sites (tertiary alicyclic amines) is 1. The Labute approximate surface area is 142 Å². The molecular formula is C18H24N4O2.